The Balaban J connectivity index is 2.63. The van der Waals surface area contributed by atoms with E-state index in [1.54, 1.807) is 0 Å². The largest absolute Gasteiger partial charge is 0.481 e. The molecule has 0 bridgehead atoms. The highest BCUT2D eigenvalue weighted by Gasteiger charge is 2.31. The highest BCUT2D eigenvalue weighted by Crippen LogP contribution is 2.27. The van der Waals surface area contributed by atoms with E-state index in [1.165, 1.54) is 0 Å². The molecule has 0 radical (unpaired) electrons. The Hall–Kier alpha value is -0.830. The zero-order valence-electron chi connectivity index (χ0n) is 5.71. The van der Waals surface area contributed by atoms with Crippen molar-refractivity contribution in [1.82, 2.24) is 0 Å². The molecule has 0 spiro atoms. The third kappa shape index (κ3) is 1.19. The Morgan fingerprint density at radius 2 is 2.30 bits per heavy atom. The molecule has 1 rings (SSSR count). The molecule has 0 aliphatic heterocycles. The summed E-state index contributed by atoms with van der Waals surface area (Å²) >= 11 is 0. The first-order chi connectivity index (χ1) is 4.61. The number of carbonyl (C=O) groups is 1. The smallest absolute Gasteiger partial charge is 0.308 e. The molecule has 3 heteroatoms. The van der Waals surface area contributed by atoms with Gasteiger partial charge in [-0.05, 0) is 12.8 Å². The molecule has 1 aliphatic carbocycles. The Labute approximate surface area is 59.5 Å². The number of hydrogen-bond acceptors (Lipinski definition) is 2. The van der Waals surface area contributed by atoms with E-state index in [0.29, 0.717) is 12.8 Å². The maximum absolute atomic E-state index is 10.4. The summed E-state index contributed by atoms with van der Waals surface area (Å²) in [6.45, 7) is 3.69. The third-order valence-corrected chi connectivity index (χ3v) is 1.87. The maximum Gasteiger partial charge on any atom is 0.308 e. The van der Waals surface area contributed by atoms with Crippen molar-refractivity contribution < 1.29 is 9.90 Å². The van der Waals surface area contributed by atoms with Crippen LogP contribution >= 0.6 is 0 Å². The molecule has 0 aromatic heterocycles. The predicted octanol–water partition coefficient (Wildman–Crippen LogP) is 0.365. The van der Waals surface area contributed by atoms with Crippen molar-refractivity contribution in [3.8, 4) is 0 Å². The van der Waals surface area contributed by atoms with Crippen LogP contribution in [0.1, 0.15) is 12.8 Å². The Morgan fingerprint density at radius 1 is 1.70 bits per heavy atom. The van der Waals surface area contributed by atoms with Crippen molar-refractivity contribution in [2.45, 2.75) is 18.9 Å². The van der Waals surface area contributed by atoms with Crippen LogP contribution in [0.25, 0.3) is 0 Å². The van der Waals surface area contributed by atoms with Gasteiger partial charge in [-0.2, -0.15) is 0 Å². The van der Waals surface area contributed by atoms with E-state index >= 15 is 0 Å². The normalized spacial score (nSPS) is 32.7. The van der Waals surface area contributed by atoms with Crippen molar-refractivity contribution in [1.29, 1.82) is 0 Å². The summed E-state index contributed by atoms with van der Waals surface area (Å²) in [5.41, 5.74) is 6.49. The second kappa shape index (κ2) is 2.42. The van der Waals surface area contributed by atoms with Crippen LogP contribution in [-0.4, -0.2) is 17.1 Å². The molecule has 0 heterocycles. The van der Waals surface area contributed by atoms with Gasteiger partial charge in [0.1, 0.15) is 0 Å². The van der Waals surface area contributed by atoms with Gasteiger partial charge >= 0.3 is 5.97 Å². The topological polar surface area (TPSA) is 63.3 Å². The van der Waals surface area contributed by atoms with Crippen LogP contribution in [-0.2, 0) is 4.79 Å². The molecule has 0 saturated heterocycles. The lowest BCUT2D eigenvalue weighted by Gasteiger charge is -2.07. The second-order valence-electron chi connectivity index (χ2n) is 2.77. The first-order valence-electron chi connectivity index (χ1n) is 3.26. The van der Waals surface area contributed by atoms with E-state index in [-0.39, 0.29) is 6.04 Å². The standard InChI is InChI=1S/C7H11NO2/c1-4-2-5(7(9)10)6(8)3-4/h5-6H,1-3,8H2,(H,9,10)/t5-,6-/m0/s1. The van der Waals surface area contributed by atoms with Crippen LogP contribution in [0.4, 0.5) is 0 Å². The molecular weight excluding hydrogens is 130 g/mol. The summed E-state index contributed by atoms with van der Waals surface area (Å²) in [5.74, 6) is -1.20. The van der Waals surface area contributed by atoms with Crippen LogP contribution in [0.15, 0.2) is 12.2 Å². The number of carboxylic acid groups (broad SMARTS) is 1. The van der Waals surface area contributed by atoms with Crippen molar-refractivity contribution >= 4 is 5.97 Å². The van der Waals surface area contributed by atoms with Crippen molar-refractivity contribution in [3.63, 3.8) is 0 Å². The van der Waals surface area contributed by atoms with Gasteiger partial charge in [-0.15, -0.1) is 0 Å². The van der Waals surface area contributed by atoms with E-state index < -0.39 is 11.9 Å². The van der Waals surface area contributed by atoms with Crippen LogP contribution in [0.3, 0.4) is 0 Å². The van der Waals surface area contributed by atoms with Gasteiger partial charge in [-0.25, -0.2) is 0 Å². The molecule has 2 atom stereocenters. The van der Waals surface area contributed by atoms with E-state index in [9.17, 15) is 4.79 Å². The molecule has 1 aliphatic rings. The number of carboxylic acids is 1. The van der Waals surface area contributed by atoms with Gasteiger partial charge in [0.25, 0.3) is 0 Å². The summed E-state index contributed by atoms with van der Waals surface area (Å²) in [4.78, 5) is 10.4. The Morgan fingerprint density at radius 3 is 2.50 bits per heavy atom. The van der Waals surface area contributed by atoms with Gasteiger partial charge in [0.05, 0.1) is 5.92 Å². The van der Waals surface area contributed by atoms with Crippen molar-refractivity contribution in [2.75, 3.05) is 0 Å². The molecule has 0 aromatic rings. The molecule has 3 nitrogen and oxygen atoms in total. The summed E-state index contributed by atoms with van der Waals surface area (Å²) in [6, 6.07) is -0.218. The summed E-state index contributed by atoms with van der Waals surface area (Å²) in [5, 5.41) is 8.58. The second-order valence-corrected chi connectivity index (χ2v) is 2.77. The molecule has 1 saturated carbocycles. The zero-order valence-corrected chi connectivity index (χ0v) is 5.71. The van der Waals surface area contributed by atoms with E-state index in [0.717, 1.165) is 5.57 Å². The van der Waals surface area contributed by atoms with Gasteiger partial charge in [-0.1, -0.05) is 12.2 Å². The number of hydrogen-bond donors (Lipinski definition) is 2. The molecule has 0 amide bonds. The monoisotopic (exact) mass is 141 g/mol. The molecule has 10 heavy (non-hydrogen) atoms. The lowest BCUT2D eigenvalue weighted by atomic mass is 10.1. The first kappa shape index (κ1) is 7.28. The molecule has 56 valence electrons. The van der Waals surface area contributed by atoms with Gasteiger partial charge in [0, 0.05) is 6.04 Å². The molecule has 3 N–H and O–H groups in total. The van der Waals surface area contributed by atoms with E-state index in [4.69, 9.17) is 10.8 Å². The summed E-state index contributed by atoms with van der Waals surface area (Å²) in [6.07, 6.45) is 1.22. The van der Waals surface area contributed by atoms with Crippen LogP contribution in [0, 0.1) is 5.92 Å². The van der Waals surface area contributed by atoms with Crippen molar-refractivity contribution in [2.24, 2.45) is 11.7 Å². The molecule has 0 aromatic carbocycles. The predicted molar refractivity (Wildman–Crippen MR) is 37.5 cm³/mol. The SMILES string of the molecule is C=C1C[C@H](C(=O)O)[C@@H](N)C1. The summed E-state index contributed by atoms with van der Waals surface area (Å²) < 4.78 is 0. The van der Waals surface area contributed by atoms with Crippen molar-refractivity contribution in [3.05, 3.63) is 12.2 Å². The van der Waals surface area contributed by atoms with Crippen LogP contribution in [0.2, 0.25) is 0 Å². The quantitative estimate of drug-likeness (QED) is 0.518. The van der Waals surface area contributed by atoms with Crippen LogP contribution < -0.4 is 5.73 Å². The number of nitrogens with two attached hydrogens (primary N) is 1. The van der Waals surface area contributed by atoms with Crippen LogP contribution in [0.5, 0.6) is 0 Å². The lowest BCUT2D eigenvalue weighted by molar-refractivity contribution is -0.141. The molecule has 0 unspecified atom stereocenters. The number of aliphatic carboxylic acids is 1. The fraction of sp³-hybridized carbons (Fsp3) is 0.571. The minimum absolute atomic E-state index is 0.218. The van der Waals surface area contributed by atoms with Gasteiger partial charge < -0.3 is 10.8 Å². The average Bonchev–Trinajstić information content (AvgIpc) is 2.10. The Bertz CT molecular complexity index is 176. The third-order valence-electron chi connectivity index (χ3n) is 1.87. The van der Waals surface area contributed by atoms with Gasteiger partial charge in [0.15, 0.2) is 0 Å². The zero-order chi connectivity index (χ0) is 7.72. The van der Waals surface area contributed by atoms with Gasteiger partial charge in [0.2, 0.25) is 0 Å². The minimum atomic E-state index is -0.800. The molecular formula is C7H11NO2. The summed E-state index contributed by atoms with van der Waals surface area (Å²) in [7, 11) is 0. The fourth-order valence-electron chi connectivity index (χ4n) is 1.29. The first-order valence-corrected chi connectivity index (χ1v) is 3.26. The fourth-order valence-corrected chi connectivity index (χ4v) is 1.29. The van der Waals surface area contributed by atoms with E-state index in [2.05, 4.69) is 6.58 Å². The maximum atomic E-state index is 10.4. The lowest BCUT2D eigenvalue weighted by Crippen LogP contribution is -2.30. The van der Waals surface area contributed by atoms with E-state index in [1.807, 2.05) is 0 Å². The van der Waals surface area contributed by atoms with Gasteiger partial charge in [-0.3, -0.25) is 4.79 Å². The number of rotatable bonds is 1. The highest BCUT2D eigenvalue weighted by molar-refractivity contribution is 5.72. The average molecular weight is 141 g/mol. The molecule has 1 fully saturated rings. The highest BCUT2D eigenvalue weighted by atomic mass is 16.4. The minimum Gasteiger partial charge on any atom is -0.481 e. The Kier molecular flexibility index (Phi) is 1.76.